The monoisotopic (exact) mass is 518 g/mol. The lowest BCUT2D eigenvalue weighted by atomic mass is 9.91. The van der Waals surface area contributed by atoms with E-state index in [0.717, 1.165) is 62.5 Å². The van der Waals surface area contributed by atoms with Gasteiger partial charge in [-0.05, 0) is 74.1 Å². The van der Waals surface area contributed by atoms with Gasteiger partial charge < -0.3 is 20.5 Å². The molecular formula is C32H42N2O4. The van der Waals surface area contributed by atoms with E-state index in [9.17, 15) is 9.59 Å². The Hall–Kier alpha value is -3.12. The molecule has 3 atom stereocenters. The van der Waals surface area contributed by atoms with Crippen LogP contribution in [0.25, 0.3) is 11.1 Å². The molecule has 0 bridgehead atoms. The van der Waals surface area contributed by atoms with Crippen molar-refractivity contribution in [3.8, 4) is 11.1 Å². The molecule has 2 aromatic rings. The quantitative estimate of drug-likeness (QED) is 0.187. The molecule has 3 unspecified atom stereocenters. The predicted octanol–water partition coefficient (Wildman–Crippen LogP) is 6.62. The number of carbonyl (C=O) groups excluding carboxylic acids is 2. The zero-order valence-corrected chi connectivity index (χ0v) is 22.6. The molecule has 2 aromatic carbocycles. The van der Waals surface area contributed by atoms with Crippen molar-refractivity contribution in [1.29, 1.82) is 0 Å². The van der Waals surface area contributed by atoms with Crippen LogP contribution in [0, 0.1) is 0 Å². The number of hydrogen-bond acceptors (Lipinski definition) is 5. The highest BCUT2D eigenvalue weighted by atomic mass is 16.6. The van der Waals surface area contributed by atoms with E-state index in [4.69, 9.17) is 15.2 Å². The number of hydrogen-bond donors (Lipinski definition) is 2. The van der Waals surface area contributed by atoms with Gasteiger partial charge in [0.15, 0.2) is 0 Å². The second-order valence-electron chi connectivity index (χ2n) is 11.0. The number of fused-ring (bicyclic) bond motifs is 3. The zero-order chi connectivity index (χ0) is 27.0. The summed E-state index contributed by atoms with van der Waals surface area (Å²) in [5.41, 5.74) is 9.59. The van der Waals surface area contributed by atoms with Crippen molar-refractivity contribution in [1.82, 2.24) is 5.32 Å². The number of alkyl carbamates (subject to hydrolysis) is 1. The molecule has 0 saturated heterocycles. The molecule has 1 amide bonds. The van der Waals surface area contributed by atoms with E-state index in [2.05, 4.69) is 36.2 Å². The summed E-state index contributed by atoms with van der Waals surface area (Å²) in [6.45, 7) is 5.73. The number of benzene rings is 2. The maximum absolute atomic E-state index is 13.4. The largest absolute Gasteiger partial charge is 0.461 e. The van der Waals surface area contributed by atoms with Crippen molar-refractivity contribution in [2.24, 2.45) is 5.73 Å². The van der Waals surface area contributed by atoms with Crippen molar-refractivity contribution in [2.75, 3.05) is 6.61 Å². The maximum atomic E-state index is 13.4. The molecule has 4 rings (SSSR count). The van der Waals surface area contributed by atoms with Gasteiger partial charge in [0.1, 0.15) is 18.2 Å². The van der Waals surface area contributed by atoms with Crippen LogP contribution in [-0.4, -0.2) is 36.4 Å². The first kappa shape index (κ1) is 27.9. The highest BCUT2D eigenvalue weighted by Crippen LogP contribution is 2.44. The number of ether oxygens (including phenoxy) is 2. The summed E-state index contributed by atoms with van der Waals surface area (Å²) in [6.07, 6.45) is 9.86. The SMILES string of the molecule is C=CCCCCCCC(C)(NC(=O)OCC1c2ccccc2-c2ccccc21)C(=O)OC1CCCC(N)C1. The fraction of sp³-hybridized carbons (Fsp3) is 0.500. The molecule has 2 aliphatic carbocycles. The molecular weight excluding hydrogens is 476 g/mol. The van der Waals surface area contributed by atoms with Crippen LogP contribution in [0.4, 0.5) is 4.79 Å². The minimum absolute atomic E-state index is 0.0417. The average molecular weight is 519 g/mol. The lowest BCUT2D eigenvalue weighted by molar-refractivity contribution is -0.158. The Morgan fingerprint density at radius 2 is 1.68 bits per heavy atom. The van der Waals surface area contributed by atoms with Gasteiger partial charge in [0.25, 0.3) is 0 Å². The molecule has 0 radical (unpaired) electrons. The summed E-state index contributed by atoms with van der Waals surface area (Å²) in [5.74, 6) is -0.448. The smallest absolute Gasteiger partial charge is 0.408 e. The standard InChI is InChI=1S/C32H42N2O4/c1-3-4-5-6-7-12-20-32(2,30(35)38-24-15-13-14-23(33)21-24)34-31(36)37-22-29-27-18-10-8-16-25(27)26-17-9-11-19-28(26)29/h3,8-11,16-19,23-24,29H,1,4-7,12-15,20-22,33H2,2H3,(H,34,36). The normalized spacial score (nSPS) is 20.1. The second kappa shape index (κ2) is 13.1. The van der Waals surface area contributed by atoms with Crippen molar-refractivity contribution >= 4 is 12.1 Å². The fourth-order valence-corrected chi connectivity index (χ4v) is 5.77. The van der Waals surface area contributed by atoms with Crippen molar-refractivity contribution in [3.63, 3.8) is 0 Å². The number of nitrogens with one attached hydrogen (secondary N) is 1. The van der Waals surface area contributed by atoms with Crippen LogP contribution in [0.1, 0.15) is 88.2 Å². The lowest BCUT2D eigenvalue weighted by Crippen LogP contribution is -2.54. The number of nitrogens with two attached hydrogens (primary N) is 1. The van der Waals surface area contributed by atoms with E-state index in [1.165, 1.54) is 11.1 Å². The first-order chi connectivity index (χ1) is 18.4. The molecule has 204 valence electrons. The van der Waals surface area contributed by atoms with Gasteiger partial charge in [-0.1, -0.05) is 73.9 Å². The molecule has 0 aliphatic heterocycles. The van der Waals surface area contributed by atoms with Gasteiger partial charge in [-0.3, -0.25) is 0 Å². The molecule has 1 saturated carbocycles. The summed E-state index contributed by atoms with van der Waals surface area (Å²) in [5, 5.41) is 2.88. The Morgan fingerprint density at radius 1 is 1.03 bits per heavy atom. The summed E-state index contributed by atoms with van der Waals surface area (Å²) < 4.78 is 11.7. The van der Waals surface area contributed by atoms with Gasteiger partial charge >= 0.3 is 12.1 Å². The van der Waals surface area contributed by atoms with E-state index in [-0.39, 0.29) is 24.7 Å². The molecule has 6 heteroatoms. The molecule has 0 spiro atoms. The van der Waals surface area contributed by atoms with Gasteiger partial charge in [-0.25, -0.2) is 9.59 Å². The fourth-order valence-electron chi connectivity index (χ4n) is 5.77. The molecule has 38 heavy (non-hydrogen) atoms. The average Bonchev–Trinajstić information content (AvgIpc) is 3.23. The molecule has 2 aliphatic rings. The number of esters is 1. The topological polar surface area (TPSA) is 90.6 Å². The highest BCUT2D eigenvalue weighted by molar-refractivity contribution is 5.85. The maximum Gasteiger partial charge on any atom is 0.408 e. The van der Waals surface area contributed by atoms with E-state index in [0.29, 0.717) is 12.8 Å². The Balaban J connectivity index is 1.40. The number of carbonyl (C=O) groups is 2. The molecule has 3 N–H and O–H groups in total. The van der Waals surface area contributed by atoms with Gasteiger partial charge in [0.05, 0.1) is 0 Å². The molecule has 1 fully saturated rings. The van der Waals surface area contributed by atoms with Crippen LogP contribution < -0.4 is 11.1 Å². The third kappa shape index (κ3) is 6.84. The van der Waals surface area contributed by atoms with Crippen LogP contribution >= 0.6 is 0 Å². The first-order valence-corrected chi connectivity index (χ1v) is 14.1. The Bertz CT molecular complexity index is 1070. The Labute approximate surface area is 227 Å². The van der Waals surface area contributed by atoms with Gasteiger partial charge in [-0.2, -0.15) is 0 Å². The third-order valence-corrected chi connectivity index (χ3v) is 7.95. The number of rotatable bonds is 12. The minimum Gasteiger partial charge on any atom is -0.461 e. The van der Waals surface area contributed by atoms with Crippen LogP contribution in [0.15, 0.2) is 61.2 Å². The Morgan fingerprint density at radius 3 is 2.34 bits per heavy atom. The zero-order valence-electron chi connectivity index (χ0n) is 22.6. The van der Waals surface area contributed by atoms with E-state index >= 15 is 0 Å². The van der Waals surface area contributed by atoms with Crippen LogP contribution in [0.3, 0.4) is 0 Å². The van der Waals surface area contributed by atoms with Crippen molar-refractivity contribution in [3.05, 3.63) is 72.3 Å². The highest BCUT2D eigenvalue weighted by Gasteiger charge is 2.39. The van der Waals surface area contributed by atoms with E-state index < -0.39 is 17.6 Å². The van der Waals surface area contributed by atoms with Crippen molar-refractivity contribution < 1.29 is 19.1 Å². The first-order valence-electron chi connectivity index (χ1n) is 14.1. The van der Waals surface area contributed by atoms with Crippen LogP contribution in [-0.2, 0) is 14.3 Å². The van der Waals surface area contributed by atoms with E-state index in [1.54, 1.807) is 6.92 Å². The number of unbranched alkanes of at least 4 members (excludes halogenated alkanes) is 4. The lowest BCUT2D eigenvalue weighted by Gasteiger charge is -2.33. The summed E-state index contributed by atoms with van der Waals surface area (Å²) >= 11 is 0. The Kier molecular flexibility index (Phi) is 9.62. The number of amides is 1. The van der Waals surface area contributed by atoms with Crippen LogP contribution in [0.5, 0.6) is 0 Å². The third-order valence-electron chi connectivity index (χ3n) is 7.95. The molecule has 0 aromatic heterocycles. The van der Waals surface area contributed by atoms with Gasteiger partial charge in [0.2, 0.25) is 0 Å². The predicted molar refractivity (Wildman–Crippen MR) is 151 cm³/mol. The van der Waals surface area contributed by atoms with Gasteiger partial charge in [0, 0.05) is 12.0 Å². The molecule has 6 nitrogen and oxygen atoms in total. The number of allylic oxidation sites excluding steroid dienone is 1. The van der Waals surface area contributed by atoms with E-state index in [1.807, 2.05) is 30.3 Å². The summed E-state index contributed by atoms with van der Waals surface area (Å²) in [6, 6.07) is 16.5. The van der Waals surface area contributed by atoms with Crippen LogP contribution in [0.2, 0.25) is 0 Å². The second-order valence-corrected chi connectivity index (χ2v) is 11.0. The van der Waals surface area contributed by atoms with Gasteiger partial charge in [-0.15, -0.1) is 6.58 Å². The van der Waals surface area contributed by atoms with Crippen molar-refractivity contribution in [2.45, 2.75) is 94.7 Å². The summed E-state index contributed by atoms with van der Waals surface area (Å²) in [7, 11) is 0. The minimum atomic E-state index is -1.16. The molecule has 0 heterocycles. The summed E-state index contributed by atoms with van der Waals surface area (Å²) in [4.78, 5) is 26.5.